The number of aliphatic hydroxyl groups excluding tert-OH is 1. The molecule has 1 aromatic carbocycles. The van der Waals surface area contributed by atoms with Gasteiger partial charge in [0.2, 0.25) is 0 Å². The number of hydrogen-bond donors (Lipinski definition) is 2. The third kappa shape index (κ3) is 7.80. The summed E-state index contributed by atoms with van der Waals surface area (Å²) in [4.78, 5) is 12.6. The highest BCUT2D eigenvalue weighted by Crippen LogP contribution is 2.04. The standard InChI is InChI=1S/C16H25NO4/c1-13(2)17(9-8-16(19)20)10-15(18)12-21-11-14-6-4-3-5-7-14/h3-7,13,15,18H,8-12H2,1-2H3,(H,19,20). The van der Waals surface area contributed by atoms with Crippen LogP contribution in [0, 0.1) is 0 Å². The molecule has 0 spiro atoms. The van der Waals surface area contributed by atoms with E-state index in [2.05, 4.69) is 0 Å². The average Bonchev–Trinajstić information content (AvgIpc) is 2.44. The summed E-state index contributed by atoms with van der Waals surface area (Å²) >= 11 is 0. The van der Waals surface area contributed by atoms with Gasteiger partial charge in [0.05, 0.1) is 25.7 Å². The van der Waals surface area contributed by atoms with Gasteiger partial charge in [-0.2, -0.15) is 0 Å². The fourth-order valence-corrected chi connectivity index (χ4v) is 2.01. The summed E-state index contributed by atoms with van der Waals surface area (Å²) in [5.41, 5.74) is 1.07. The Morgan fingerprint density at radius 1 is 1.29 bits per heavy atom. The Morgan fingerprint density at radius 3 is 2.52 bits per heavy atom. The Bertz CT molecular complexity index is 408. The number of nitrogens with zero attached hydrogens (tertiary/aromatic N) is 1. The molecule has 0 heterocycles. The second kappa shape index (κ2) is 9.50. The van der Waals surface area contributed by atoms with Crippen molar-refractivity contribution in [1.82, 2.24) is 4.90 Å². The number of aliphatic carboxylic acids is 1. The first-order chi connectivity index (χ1) is 9.99. The summed E-state index contributed by atoms with van der Waals surface area (Å²) < 4.78 is 5.49. The van der Waals surface area contributed by atoms with Crippen molar-refractivity contribution in [2.45, 2.75) is 39.0 Å². The van der Waals surface area contributed by atoms with Crippen LogP contribution in [0.1, 0.15) is 25.8 Å². The van der Waals surface area contributed by atoms with E-state index in [9.17, 15) is 9.90 Å². The van der Waals surface area contributed by atoms with Crippen molar-refractivity contribution in [1.29, 1.82) is 0 Å². The molecule has 0 aliphatic carbocycles. The zero-order chi connectivity index (χ0) is 15.7. The molecule has 1 atom stereocenters. The largest absolute Gasteiger partial charge is 0.481 e. The van der Waals surface area contributed by atoms with Gasteiger partial charge in [-0.15, -0.1) is 0 Å². The molecule has 5 nitrogen and oxygen atoms in total. The topological polar surface area (TPSA) is 70.0 Å². The Balaban J connectivity index is 2.29. The number of benzene rings is 1. The number of hydrogen-bond acceptors (Lipinski definition) is 4. The van der Waals surface area contributed by atoms with Gasteiger partial charge in [0.25, 0.3) is 0 Å². The van der Waals surface area contributed by atoms with Gasteiger partial charge in [-0.25, -0.2) is 0 Å². The molecule has 1 unspecified atom stereocenters. The molecule has 0 radical (unpaired) electrons. The fraction of sp³-hybridized carbons (Fsp3) is 0.562. The molecule has 0 aliphatic rings. The van der Waals surface area contributed by atoms with E-state index in [0.29, 0.717) is 19.7 Å². The number of ether oxygens (including phenoxy) is 1. The lowest BCUT2D eigenvalue weighted by Gasteiger charge is -2.28. The number of carboxylic acid groups (broad SMARTS) is 1. The van der Waals surface area contributed by atoms with E-state index in [1.54, 1.807) is 0 Å². The van der Waals surface area contributed by atoms with E-state index in [4.69, 9.17) is 9.84 Å². The lowest BCUT2D eigenvalue weighted by atomic mass is 10.2. The second-order valence-corrected chi connectivity index (χ2v) is 5.39. The summed E-state index contributed by atoms with van der Waals surface area (Å²) in [5.74, 6) is -0.824. The normalized spacial score (nSPS) is 12.8. The molecule has 0 saturated heterocycles. The number of carbonyl (C=O) groups is 1. The zero-order valence-corrected chi connectivity index (χ0v) is 12.7. The third-order valence-corrected chi connectivity index (χ3v) is 3.21. The van der Waals surface area contributed by atoms with Gasteiger partial charge in [0, 0.05) is 19.1 Å². The Kier molecular flexibility index (Phi) is 7.97. The Hall–Kier alpha value is -1.43. The summed E-state index contributed by atoms with van der Waals surface area (Å²) in [7, 11) is 0. The molecule has 5 heteroatoms. The van der Waals surface area contributed by atoms with E-state index in [-0.39, 0.29) is 19.1 Å². The Morgan fingerprint density at radius 2 is 1.95 bits per heavy atom. The quantitative estimate of drug-likeness (QED) is 0.688. The SMILES string of the molecule is CC(C)N(CCC(=O)O)CC(O)COCc1ccccc1. The van der Waals surface area contributed by atoms with Gasteiger partial charge >= 0.3 is 5.97 Å². The minimum absolute atomic E-state index is 0.0791. The van der Waals surface area contributed by atoms with Crippen LogP contribution in [0.3, 0.4) is 0 Å². The maximum atomic E-state index is 10.6. The van der Waals surface area contributed by atoms with Crippen molar-refractivity contribution in [3.8, 4) is 0 Å². The van der Waals surface area contributed by atoms with Crippen LogP contribution in [0.5, 0.6) is 0 Å². The van der Waals surface area contributed by atoms with Crippen molar-refractivity contribution >= 4 is 5.97 Å². The third-order valence-electron chi connectivity index (χ3n) is 3.21. The van der Waals surface area contributed by atoms with Crippen LogP contribution in [0.15, 0.2) is 30.3 Å². The molecule has 2 N–H and O–H groups in total. The van der Waals surface area contributed by atoms with Crippen LogP contribution in [-0.4, -0.2) is 52.9 Å². The van der Waals surface area contributed by atoms with Crippen LogP contribution in [0.4, 0.5) is 0 Å². The average molecular weight is 295 g/mol. The Labute approximate surface area is 126 Å². The first-order valence-corrected chi connectivity index (χ1v) is 7.24. The van der Waals surface area contributed by atoms with Gasteiger partial charge in [-0.05, 0) is 19.4 Å². The predicted octanol–water partition coefficient (Wildman–Crippen LogP) is 1.75. The van der Waals surface area contributed by atoms with Crippen molar-refractivity contribution in [2.75, 3.05) is 19.7 Å². The number of carboxylic acids is 1. The smallest absolute Gasteiger partial charge is 0.304 e. The van der Waals surface area contributed by atoms with Crippen LogP contribution < -0.4 is 0 Å². The molecule has 1 aromatic rings. The first kappa shape index (κ1) is 17.6. The predicted molar refractivity (Wildman–Crippen MR) is 81.1 cm³/mol. The molecule has 21 heavy (non-hydrogen) atoms. The van der Waals surface area contributed by atoms with Crippen LogP contribution in [0.2, 0.25) is 0 Å². The van der Waals surface area contributed by atoms with Gasteiger partial charge in [0.15, 0.2) is 0 Å². The van der Waals surface area contributed by atoms with Gasteiger partial charge in [-0.3, -0.25) is 9.69 Å². The number of aliphatic hydroxyl groups is 1. The van der Waals surface area contributed by atoms with E-state index in [1.807, 2.05) is 49.1 Å². The van der Waals surface area contributed by atoms with Crippen molar-refractivity contribution in [2.24, 2.45) is 0 Å². The summed E-state index contributed by atoms with van der Waals surface area (Å²) in [6.45, 7) is 5.53. The molecular weight excluding hydrogens is 270 g/mol. The highest BCUT2D eigenvalue weighted by Gasteiger charge is 2.16. The summed E-state index contributed by atoms with van der Waals surface area (Å²) in [6.07, 6.45) is -0.541. The van der Waals surface area contributed by atoms with E-state index in [0.717, 1.165) is 5.56 Å². The molecule has 0 fully saturated rings. The molecule has 0 saturated carbocycles. The number of rotatable bonds is 10. The van der Waals surface area contributed by atoms with Gasteiger partial charge < -0.3 is 14.9 Å². The summed E-state index contributed by atoms with van der Waals surface area (Å²) in [6, 6.07) is 9.97. The highest BCUT2D eigenvalue weighted by atomic mass is 16.5. The van der Waals surface area contributed by atoms with Gasteiger partial charge in [0.1, 0.15) is 0 Å². The lowest BCUT2D eigenvalue weighted by Crippen LogP contribution is -2.40. The van der Waals surface area contributed by atoms with E-state index >= 15 is 0 Å². The first-order valence-electron chi connectivity index (χ1n) is 7.24. The molecule has 0 aromatic heterocycles. The van der Waals surface area contributed by atoms with Crippen LogP contribution in [0.25, 0.3) is 0 Å². The maximum Gasteiger partial charge on any atom is 0.304 e. The van der Waals surface area contributed by atoms with Crippen molar-refractivity contribution in [3.63, 3.8) is 0 Å². The van der Waals surface area contributed by atoms with Crippen molar-refractivity contribution in [3.05, 3.63) is 35.9 Å². The van der Waals surface area contributed by atoms with E-state index in [1.165, 1.54) is 0 Å². The highest BCUT2D eigenvalue weighted by molar-refractivity contribution is 5.66. The lowest BCUT2D eigenvalue weighted by molar-refractivity contribution is -0.137. The van der Waals surface area contributed by atoms with E-state index < -0.39 is 12.1 Å². The molecule has 0 aliphatic heterocycles. The molecule has 0 amide bonds. The zero-order valence-electron chi connectivity index (χ0n) is 12.7. The molecule has 118 valence electrons. The fourth-order valence-electron chi connectivity index (χ4n) is 2.01. The minimum atomic E-state index is -0.824. The minimum Gasteiger partial charge on any atom is -0.481 e. The monoisotopic (exact) mass is 295 g/mol. The molecular formula is C16H25NO4. The van der Waals surface area contributed by atoms with Crippen LogP contribution >= 0.6 is 0 Å². The summed E-state index contributed by atoms with van der Waals surface area (Å²) in [5, 5.41) is 18.7. The van der Waals surface area contributed by atoms with Crippen LogP contribution in [-0.2, 0) is 16.1 Å². The maximum absolute atomic E-state index is 10.6. The second-order valence-electron chi connectivity index (χ2n) is 5.39. The molecule has 1 rings (SSSR count). The van der Waals surface area contributed by atoms with Gasteiger partial charge in [-0.1, -0.05) is 30.3 Å². The molecule has 0 bridgehead atoms. The van der Waals surface area contributed by atoms with Crippen molar-refractivity contribution < 1.29 is 19.7 Å².